The molecule has 0 radical (unpaired) electrons. The predicted molar refractivity (Wildman–Crippen MR) is 88.2 cm³/mol. The maximum Gasteiger partial charge on any atom is 0.231 e. The van der Waals surface area contributed by atoms with Crippen LogP contribution in [0, 0.1) is 0 Å². The van der Waals surface area contributed by atoms with Gasteiger partial charge in [0.2, 0.25) is 12.7 Å². The average molecular weight is 309 g/mol. The van der Waals surface area contributed by atoms with E-state index in [1.54, 1.807) is 0 Å². The van der Waals surface area contributed by atoms with Gasteiger partial charge in [-0.05, 0) is 28.7 Å². The highest BCUT2D eigenvalue weighted by Crippen LogP contribution is 2.44. The summed E-state index contributed by atoms with van der Waals surface area (Å²) in [5.41, 5.74) is 4.37. The molecule has 0 aromatic heterocycles. The Morgan fingerprint density at radius 2 is 1.78 bits per heavy atom. The van der Waals surface area contributed by atoms with Gasteiger partial charge in [-0.3, -0.25) is 4.79 Å². The van der Waals surface area contributed by atoms with Crippen LogP contribution in [0.1, 0.15) is 48.8 Å². The molecule has 1 atom stereocenters. The molecular formula is C19H19NO3. The lowest BCUT2D eigenvalue weighted by Gasteiger charge is -2.26. The van der Waals surface area contributed by atoms with Gasteiger partial charge in [-0.25, -0.2) is 0 Å². The van der Waals surface area contributed by atoms with Crippen LogP contribution in [0.2, 0.25) is 0 Å². The highest BCUT2D eigenvalue weighted by Gasteiger charge is 2.29. The average Bonchev–Trinajstić information content (AvgIpc) is 2.99. The molecule has 0 fully saturated rings. The fourth-order valence-electron chi connectivity index (χ4n) is 3.26. The fraction of sp³-hybridized carbons (Fsp3) is 0.316. The van der Waals surface area contributed by atoms with Gasteiger partial charge in [-0.15, -0.1) is 0 Å². The molecule has 118 valence electrons. The van der Waals surface area contributed by atoms with Gasteiger partial charge in [-0.2, -0.15) is 0 Å². The third kappa shape index (κ3) is 2.44. The van der Waals surface area contributed by atoms with Crippen LogP contribution in [0.15, 0.2) is 36.4 Å². The van der Waals surface area contributed by atoms with Crippen molar-refractivity contribution in [2.75, 3.05) is 12.1 Å². The molecule has 0 spiro atoms. The Morgan fingerprint density at radius 3 is 2.48 bits per heavy atom. The maximum absolute atomic E-state index is 12.1. The molecule has 4 heteroatoms. The number of anilines is 1. The lowest BCUT2D eigenvalue weighted by Crippen LogP contribution is -2.23. The molecule has 4 nitrogen and oxygen atoms in total. The smallest absolute Gasteiger partial charge is 0.231 e. The van der Waals surface area contributed by atoms with E-state index >= 15 is 0 Å². The summed E-state index contributed by atoms with van der Waals surface area (Å²) in [7, 11) is 0. The molecule has 2 aliphatic heterocycles. The van der Waals surface area contributed by atoms with E-state index in [9.17, 15) is 4.79 Å². The van der Waals surface area contributed by atoms with Crippen LogP contribution in [0.4, 0.5) is 5.69 Å². The van der Waals surface area contributed by atoms with Gasteiger partial charge in [-0.1, -0.05) is 38.1 Å². The van der Waals surface area contributed by atoms with Crippen LogP contribution in [-0.2, 0) is 4.79 Å². The van der Waals surface area contributed by atoms with Gasteiger partial charge in [0.05, 0.1) is 0 Å². The summed E-state index contributed by atoms with van der Waals surface area (Å²) in [6.45, 7) is 4.60. The first-order valence-corrected chi connectivity index (χ1v) is 7.95. The summed E-state index contributed by atoms with van der Waals surface area (Å²) in [5, 5.41) is 2.94. The van der Waals surface area contributed by atoms with Gasteiger partial charge >= 0.3 is 0 Å². The molecule has 0 aliphatic carbocycles. The molecule has 0 saturated carbocycles. The molecule has 1 N–H and O–H groups in total. The standard InChI is InChI=1S/C19H19NO3/c1-11(2)12-3-5-13(6-4-12)14-8-19(21)20-16-9-18-17(7-15(14)16)22-10-23-18/h3-7,9,11,14H,8,10H2,1-2H3,(H,20,21)/t14-/m1/s1. The first kappa shape index (κ1) is 14.1. The van der Waals surface area contributed by atoms with Gasteiger partial charge in [0, 0.05) is 24.1 Å². The predicted octanol–water partition coefficient (Wildman–Crippen LogP) is 4.01. The van der Waals surface area contributed by atoms with Gasteiger partial charge in [0.15, 0.2) is 11.5 Å². The molecule has 0 bridgehead atoms. The van der Waals surface area contributed by atoms with E-state index < -0.39 is 0 Å². The summed E-state index contributed by atoms with van der Waals surface area (Å²) in [5.74, 6) is 2.03. The highest BCUT2D eigenvalue weighted by atomic mass is 16.7. The minimum absolute atomic E-state index is 0.0364. The Labute approximate surface area is 135 Å². The molecule has 0 unspecified atom stereocenters. The van der Waals surface area contributed by atoms with Crippen molar-refractivity contribution in [2.45, 2.75) is 32.1 Å². The number of ether oxygens (including phenoxy) is 2. The van der Waals surface area contributed by atoms with Crippen molar-refractivity contribution in [2.24, 2.45) is 0 Å². The molecule has 2 aliphatic rings. The molecule has 0 saturated heterocycles. The van der Waals surface area contributed by atoms with E-state index in [4.69, 9.17) is 9.47 Å². The summed E-state index contributed by atoms with van der Waals surface area (Å²) in [6, 6.07) is 12.4. The zero-order valence-corrected chi connectivity index (χ0v) is 13.3. The van der Waals surface area contributed by atoms with E-state index in [0.717, 1.165) is 22.6 Å². The first-order chi connectivity index (χ1) is 11.1. The normalized spacial score (nSPS) is 18.7. The fourth-order valence-corrected chi connectivity index (χ4v) is 3.26. The molecule has 23 heavy (non-hydrogen) atoms. The minimum atomic E-state index is 0.0364. The van der Waals surface area contributed by atoms with Crippen LogP contribution >= 0.6 is 0 Å². The van der Waals surface area contributed by atoms with Crippen LogP contribution in [0.5, 0.6) is 11.5 Å². The van der Waals surface area contributed by atoms with E-state index in [1.165, 1.54) is 5.56 Å². The van der Waals surface area contributed by atoms with E-state index in [0.29, 0.717) is 18.1 Å². The number of hydrogen-bond acceptors (Lipinski definition) is 3. The number of carbonyl (C=O) groups excluding carboxylic acids is 1. The van der Waals surface area contributed by atoms with E-state index in [1.807, 2.05) is 12.1 Å². The lowest BCUT2D eigenvalue weighted by molar-refractivity contribution is -0.116. The second kappa shape index (κ2) is 5.30. The lowest BCUT2D eigenvalue weighted by atomic mass is 9.84. The number of hydrogen-bond donors (Lipinski definition) is 1. The topological polar surface area (TPSA) is 47.6 Å². The van der Waals surface area contributed by atoms with Crippen molar-refractivity contribution in [3.8, 4) is 11.5 Å². The number of benzene rings is 2. The molecule has 1 amide bonds. The highest BCUT2D eigenvalue weighted by molar-refractivity contribution is 5.96. The Kier molecular flexibility index (Phi) is 3.26. The molecular weight excluding hydrogens is 290 g/mol. The van der Waals surface area contributed by atoms with Crippen LogP contribution in [0.3, 0.4) is 0 Å². The second-order valence-corrected chi connectivity index (χ2v) is 6.42. The number of fused-ring (bicyclic) bond motifs is 2. The molecule has 2 aromatic carbocycles. The van der Waals surface area contributed by atoms with Crippen LogP contribution in [0.25, 0.3) is 0 Å². The first-order valence-electron chi connectivity index (χ1n) is 7.95. The monoisotopic (exact) mass is 309 g/mol. The summed E-state index contributed by atoms with van der Waals surface area (Å²) in [4.78, 5) is 12.1. The van der Waals surface area contributed by atoms with Crippen molar-refractivity contribution >= 4 is 11.6 Å². The maximum atomic E-state index is 12.1. The van der Waals surface area contributed by atoms with Gasteiger partial charge in [0.1, 0.15) is 0 Å². The Morgan fingerprint density at radius 1 is 1.09 bits per heavy atom. The van der Waals surface area contributed by atoms with Crippen LogP contribution in [-0.4, -0.2) is 12.7 Å². The zero-order valence-electron chi connectivity index (χ0n) is 13.3. The SMILES string of the molecule is CC(C)c1ccc([C@H]2CC(=O)Nc3cc4c(cc32)OCO4)cc1. The largest absolute Gasteiger partial charge is 0.454 e. The third-order valence-corrected chi connectivity index (χ3v) is 4.59. The van der Waals surface area contributed by atoms with Crippen molar-refractivity contribution in [1.82, 2.24) is 0 Å². The van der Waals surface area contributed by atoms with Gasteiger partial charge in [0.25, 0.3) is 0 Å². The molecule has 2 aromatic rings. The van der Waals surface area contributed by atoms with Crippen molar-refractivity contribution in [1.29, 1.82) is 0 Å². The molecule has 2 heterocycles. The molecule has 4 rings (SSSR count). The Hall–Kier alpha value is -2.49. The van der Waals surface area contributed by atoms with Crippen LogP contribution < -0.4 is 14.8 Å². The third-order valence-electron chi connectivity index (χ3n) is 4.59. The van der Waals surface area contributed by atoms with E-state index in [-0.39, 0.29) is 18.6 Å². The second-order valence-electron chi connectivity index (χ2n) is 6.42. The van der Waals surface area contributed by atoms with E-state index in [2.05, 4.69) is 43.4 Å². The summed E-state index contributed by atoms with van der Waals surface area (Å²) < 4.78 is 10.9. The zero-order chi connectivity index (χ0) is 16.0. The van der Waals surface area contributed by atoms with Crippen molar-refractivity contribution in [3.05, 3.63) is 53.1 Å². The Bertz CT molecular complexity index is 765. The van der Waals surface area contributed by atoms with Gasteiger partial charge < -0.3 is 14.8 Å². The minimum Gasteiger partial charge on any atom is -0.454 e. The number of amides is 1. The Balaban J connectivity index is 1.76. The van der Waals surface area contributed by atoms with Crippen molar-refractivity contribution in [3.63, 3.8) is 0 Å². The quantitative estimate of drug-likeness (QED) is 0.911. The number of rotatable bonds is 2. The summed E-state index contributed by atoms with van der Waals surface area (Å²) >= 11 is 0. The summed E-state index contributed by atoms with van der Waals surface area (Å²) in [6.07, 6.45) is 0.452. The number of nitrogens with one attached hydrogen (secondary N) is 1. The van der Waals surface area contributed by atoms with Crippen molar-refractivity contribution < 1.29 is 14.3 Å². The number of carbonyl (C=O) groups is 1.